The Bertz CT molecular complexity index is 1120. The van der Waals surface area contributed by atoms with Gasteiger partial charge in [0.25, 0.3) is 17.4 Å². The zero-order valence-corrected chi connectivity index (χ0v) is 15.9. The summed E-state index contributed by atoms with van der Waals surface area (Å²) in [5, 5.41) is 2.15. The van der Waals surface area contributed by atoms with Gasteiger partial charge < -0.3 is 16.4 Å². The monoisotopic (exact) mass is 395 g/mol. The molecule has 2 aliphatic heterocycles. The van der Waals surface area contributed by atoms with Crippen molar-refractivity contribution in [1.82, 2.24) is 9.88 Å². The standard InChI is InChI=1S/C20H21N5O4/c1-10-3-2-6-24(9-10)13-5-4-11(18(22)27)7-14(13)25-15(26)8-12-16(17(25)21)20(29)23-19(12)28/h4-5,7-8,10H,2-3,6,9,21H2,1H3,(H2,22,27)(H,23,28,29). The zero-order valence-electron chi connectivity index (χ0n) is 15.9. The summed E-state index contributed by atoms with van der Waals surface area (Å²) in [6, 6.07) is 5.92. The molecule has 150 valence electrons. The summed E-state index contributed by atoms with van der Waals surface area (Å²) in [4.78, 5) is 50.9. The number of pyridine rings is 1. The molecule has 9 nitrogen and oxygen atoms in total. The second kappa shape index (κ2) is 6.77. The number of piperidine rings is 1. The van der Waals surface area contributed by atoms with E-state index < -0.39 is 23.3 Å². The molecule has 4 rings (SSSR count). The maximum absolute atomic E-state index is 12.9. The number of benzene rings is 1. The molecular weight excluding hydrogens is 374 g/mol. The van der Waals surface area contributed by atoms with Crippen LogP contribution in [0.25, 0.3) is 5.69 Å². The van der Waals surface area contributed by atoms with Crippen molar-refractivity contribution in [2.45, 2.75) is 19.8 Å². The Labute approximate surface area is 166 Å². The van der Waals surface area contributed by atoms with Gasteiger partial charge in [0.05, 0.1) is 22.5 Å². The van der Waals surface area contributed by atoms with Gasteiger partial charge in [-0.25, -0.2) is 0 Å². The highest BCUT2D eigenvalue weighted by Crippen LogP contribution is 2.32. The Hall–Kier alpha value is -3.62. The fourth-order valence-corrected chi connectivity index (χ4v) is 4.06. The third kappa shape index (κ3) is 3.04. The van der Waals surface area contributed by atoms with E-state index in [1.165, 1.54) is 6.07 Å². The molecule has 5 N–H and O–H groups in total. The predicted molar refractivity (Wildman–Crippen MR) is 107 cm³/mol. The Balaban J connectivity index is 1.97. The van der Waals surface area contributed by atoms with E-state index in [1.54, 1.807) is 12.1 Å². The largest absolute Gasteiger partial charge is 0.384 e. The summed E-state index contributed by atoms with van der Waals surface area (Å²) in [5.74, 6) is -1.65. The fraction of sp³-hybridized carbons (Fsp3) is 0.300. The van der Waals surface area contributed by atoms with E-state index in [2.05, 4.69) is 17.1 Å². The first-order valence-electron chi connectivity index (χ1n) is 9.38. The molecular formula is C20H21N5O4. The molecule has 0 aliphatic carbocycles. The van der Waals surface area contributed by atoms with Crippen molar-refractivity contribution < 1.29 is 14.4 Å². The molecule has 1 atom stereocenters. The minimum Gasteiger partial charge on any atom is -0.384 e. The summed E-state index contributed by atoms with van der Waals surface area (Å²) in [6.07, 6.45) is 2.10. The van der Waals surface area contributed by atoms with Crippen LogP contribution in [0.5, 0.6) is 0 Å². The van der Waals surface area contributed by atoms with Crippen molar-refractivity contribution in [2.75, 3.05) is 23.7 Å². The molecule has 0 radical (unpaired) electrons. The number of hydrogen-bond donors (Lipinski definition) is 3. The molecule has 1 saturated heterocycles. The highest BCUT2D eigenvalue weighted by atomic mass is 16.2. The number of nitrogens with zero attached hydrogens (tertiary/aromatic N) is 2. The lowest BCUT2D eigenvalue weighted by Gasteiger charge is -2.34. The van der Waals surface area contributed by atoms with Crippen LogP contribution in [0.2, 0.25) is 0 Å². The summed E-state index contributed by atoms with van der Waals surface area (Å²) in [7, 11) is 0. The Morgan fingerprint density at radius 3 is 2.59 bits per heavy atom. The topological polar surface area (TPSA) is 141 Å². The SMILES string of the molecule is CC1CCCN(c2ccc(C(N)=O)cc2-n2c(N)c3c(cc2=O)C(=O)NC3=O)C1. The smallest absolute Gasteiger partial charge is 0.262 e. The van der Waals surface area contributed by atoms with Crippen LogP contribution in [-0.4, -0.2) is 35.4 Å². The Kier molecular flexibility index (Phi) is 4.37. The van der Waals surface area contributed by atoms with Crippen molar-refractivity contribution in [1.29, 1.82) is 0 Å². The first-order chi connectivity index (χ1) is 13.8. The molecule has 2 aromatic rings. The average Bonchev–Trinajstić information content (AvgIpc) is 2.95. The van der Waals surface area contributed by atoms with Gasteiger partial charge in [-0.15, -0.1) is 0 Å². The molecule has 0 spiro atoms. The number of anilines is 2. The zero-order chi connectivity index (χ0) is 20.9. The molecule has 3 amide bonds. The van der Waals surface area contributed by atoms with Gasteiger partial charge in [0.1, 0.15) is 5.82 Å². The summed E-state index contributed by atoms with van der Waals surface area (Å²) >= 11 is 0. The third-order valence-electron chi connectivity index (χ3n) is 5.45. The molecule has 9 heteroatoms. The van der Waals surface area contributed by atoms with Crippen LogP contribution in [0.1, 0.15) is 50.8 Å². The number of nitrogens with one attached hydrogen (secondary N) is 1. The van der Waals surface area contributed by atoms with E-state index >= 15 is 0 Å². The van der Waals surface area contributed by atoms with Crippen LogP contribution < -0.4 is 27.2 Å². The summed E-state index contributed by atoms with van der Waals surface area (Å²) < 4.78 is 1.16. The number of nitrogen functional groups attached to an aromatic ring is 1. The van der Waals surface area contributed by atoms with Gasteiger partial charge >= 0.3 is 0 Å². The van der Waals surface area contributed by atoms with Gasteiger partial charge in [-0.3, -0.25) is 29.1 Å². The number of carbonyl (C=O) groups excluding carboxylic acids is 3. The van der Waals surface area contributed by atoms with Crippen molar-refractivity contribution in [3.8, 4) is 5.69 Å². The first kappa shape index (κ1) is 18.7. The second-order valence-corrected chi connectivity index (χ2v) is 7.54. The number of imide groups is 1. The number of aromatic nitrogens is 1. The van der Waals surface area contributed by atoms with Gasteiger partial charge in [0.15, 0.2) is 0 Å². The van der Waals surface area contributed by atoms with Crippen LogP contribution in [0, 0.1) is 5.92 Å². The lowest BCUT2D eigenvalue weighted by molar-refractivity contribution is 0.0878. The van der Waals surface area contributed by atoms with Crippen molar-refractivity contribution in [3.05, 3.63) is 51.3 Å². The van der Waals surface area contributed by atoms with Crippen molar-refractivity contribution in [3.63, 3.8) is 0 Å². The number of primary amides is 1. The lowest BCUT2D eigenvalue weighted by Crippen LogP contribution is -2.36. The van der Waals surface area contributed by atoms with E-state index in [1.807, 2.05) is 0 Å². The molecule has 1 aromatic heterocycles. The average molecular weight is 395 g/mol. The third-order valence-corrected chi connectivity index (χ3v) is 5.45. The van der Waals surface area contributed by atoms with E-state index in [-0.39, 0.29) is 22.5 Å². The molecule has 0 saturated carbocycles. The maximum Gasteiger partial charge on any atom is 0.262 e. The minimum absolute atomic E-state index is 0.0444. The minimum atomic E-state index is -0.657. The maximum atomic E-state index is 12.9. The molecule has 1 fully saturated rings. The fourth-order valence-electron chi connectivity index (χ4n) is 4.06. The summed E-state index contributed by atoms with van der Waals surface area (Å²) in [5.41, 5.74) is 12.2. The van der Waals surface area contributed by atoms with Gasteiger partial charge in [-0.2, -0.15) is 0 Å². The normalized spacial score (nSPS) is 18.5. The number of fused-ring (bicyclic) bond motifs is 1. The highest BCUT2D eigenvalue weighted by molar-refractivity contribution is 6.23. The Morgan fingerprint density at radius 1 is 1.14 bits per heavy atom. The Morgan fingerprint density at radius 2 is 1.90 bits per heavy atom. The van der Waals surface area contributed by atoms with Gasteiger partial charge in [-0.05, 0) is 37.0 Å². The molecule has 29 heavy (non-hydrogen) atoms. The van der Waals surface area contributed by atoms with E-state index in [4.69, 9.17) is 11.5 Å². The van der Waals surface area contributed by atoms with E-state index in [0.717, 1.165) is 36.6 Å². The quantitative estimate of drug-likeness (QED) is 0.652. The number of carbonyl (C=O) groups is 3. The molecule has 1 unspecified atom stereocenters. The molecule has 0 bridgehead atoms. The number of rotatable bonds is 3. The second-order valence-electron chi connectivity index (χ2n) is 7.54. The predicted octanol–water partition coefficient (Wildman–Crippen LogP) is 0.639. The highest BCUT2D eigenvalue weighted by Gasteiger charge is 2.32. The lowest BCUT2D eigenvalue weighted by atomic mass is 9.99. The molecule has 3 heterocycles. The number of amides is 3. The van der Waals surface area contributed by atoms with Gasteiger partial charge in [-0.1, -0.05) is 6.92 Å². The van der Waals surface area contributed by atoms with E-state index in [9.17, 15) is 19.2 Å². The first-order valence-corrected chi connectivity index (χ1v) is 9.38. The number of hydrogen-bond acceptors (Lipinski definition) is 6. The van der Waals surface area contributed by atoms with Crippen molar-refractivity contribution in [2.24, 2.45) is 11.7 Å². The molecule has 1 aromatic carbocycles. The van der Waals surface area contributed by atoms with E-state index in [0.29, 0.717) is 17.3 Å². The molecule has 2 aliphatic rings. The van der Waals surface area contributed by atoms with Crippen LogP contribution in [0.3, 0.4) is 0 Å². The van der Waals surface area contributed by atoms with Crippen LogP contribution in [0.4, 0.5) is 11.5 Å². The van der Waals surface area contributed by atoms with Crippen LogP contribution in [-0.2, 0) is 0 Å². The summed E-state index contributed by atoms with van der Waals surface area (Å²) in [6.45, 7) is 3.71. The number of nitrogens with two attached hydrogens (primary N) is 2. The van der Waals surface area contributed by atoms with Crippen molar-refractivity contribution >= 4 is 29.2 Å². The van der Waals surface area contributed by atoms with Crippen LogP contribution >= 0.6 is 0 Å². The van der Waals surface area contributed by atoms with Gasteiger partial charge in [0, 0.05) is 24.7 Å². The van der Waals surface area contributed by atoms with Gasteiger partial charge in [0.2, 0.25) is 5.91 Å². The van der Waals surface area contributed by atoms with Crippen LogP contribution in [0.15, 0.2) is 29.1 Å².